The zero-order valence-corrected chi connectivity index (χ0v) is 14.0. The van der Waals surface area contributed by atoms with Crippen molar-refractivity contribution in [3.63, 3.8) is 0 Å². The number of benzene rings is 1. The van der Waals surface area contributed by atoms with Crippen molar-refractivity contribution in [1.29, 1.82) is 0 Å². The maximum atomic E-state index is 12.1. The van der Waals surface area contributed by atoms with Crippen LogP contribution in [-0.2, 0) is 12.6 Å². The molecule has 124 valence electrons. The molecule has 0 aliphatic rings. The number of carbonyl (C=O) groups excluding carboxylic acids is 1. The van der Waals surface area contributed by atoms with Gasteiger partial charge in [0, 0.05) is 18.8 Å². The quantitative estimate of drug-likeness (QED) is 0.789. The summed E-state index contributed by atoms with van der Waals surface area (Å²) in [6, 6.07) is 7.50. The third kappa shape index (κ3) is 4.32. The second-order valence-corrected chi connectivity index (χ2v) is 6.08. The van der Waals surface area contributed by atoms with Crippen molar-refractivity contribution in [2.75, 3.05) is 6.54 Å². The molecule has 0 saturated heterocycles. The molecule has 23 heavy (non-hydrogen) atoms. The summed E-state index contributed by atoms with van der Waals surface area (Å²) in [4.78, 5) is 12.1. The number of nitrogens with zero attached hydrogens (tertiary/aromatic N) is 2. The van der Waals surface area contributed by atoms with E-state index in [4.69, 9.17) is 0 Å². The van der Waals surface area contributed by atoms with Crippen LogP contribution in [0.15, 0.2) is 36.7 Å². The number of aryl methyl sites for hydroxylation is 2. The number of aliphatic hydroxyl groups is 1. The van der Waals surface area contributed by atoms with Gasteiger partial charge in [-0.25, -0.2) is 4.79 Å². The highest BCUT2D eigenvalue weighted by atomic mass is 16.3. The number of rotatable bonds is 5. The third-order valence-electron chi connectivity index (χ3n) is 3.92. The van der Waals surface area contributed by atoms with Crippen LogP contribution in [-0.4, -0.2) is 27.5 Å². The molecule has 1 aromatic heterocycles. The lowest BCUT2D eigenvalue weighted by atomic mass is 10.00. The number of aromatic nitrogens is 2. The maximum absolute atomic E-state index is 12.1. The summed E-state index contributed by atoms with van der Waals surface area (Å²) in [7, 11) is 1.78. The Morgan fingerprint density at radius 3 is 2.74 bits per heavy atom. The first-order chi connectivity index (χ1) is 10.8. The van der Waals surface area contributed by atoms with Gasteiger partial charge < -0.3 is 15.7 Å². The highest BCUT2D eigenvalue weighted by Crippen LogP contribution is 2.19. The molecule has 0 spiro atoms. The van der Waals surface area contributed by atoms with Crippen LogP contribution in [0.5, 0.6) is 0 Å². The molecule has 0 aliphatic carbocycles. The minimum atomic E-state index is -1.17. The van der Waals surface area contributed by atoms with Gasteiger partial charge in [-0.05, 0) is 31.9 Å². The van der Waals surface area contributed by atoms with Crippen LogP contribution >= 0.6 is 0 Å². The topological polar surface area (TPSA) is 79.2 Å². The van der Waals surface area contributed by atoms with E-state index in [9.17, 15) is 9.90 Å². The lowest BCUT2D eigenvalue weighted by molar-refractivity contribution is 0.0592. The maximum Gasteiger partial charge on any atom is 0.315 e. The normalized spacial score (nSPS) is 14.8. The standard InChI is InChI=1S/C17H24N4O2/c1-12-7-5-6-8-15(12)13(2)20-16(22)18-11-17(3,23)14-9-19-21(4)10-14/h5-10,13,23H,11H2,1-4H3,(H2,18,20,22). The monoisotopic (exact) mass is 316 g/mol. The summed E-state index contributed by atoms with van der Waals surface area (Å²) in [6.45, 7) is 5.69. The lowest BCUT2D eigenvalue weighted by Crippen LogP contribution is -2.44. The van der Waals surface area contributed by atoms with Gasteiger partial charge in [0.1, 0.15) is 5.60 Å². The highest BCUT2D eigenvalue weighted by Gasteiger charge is 2.25. The van der Waals surface area contributed by atoms with Gasteiger partial charge in [0.2, 0.25) is 0 Å². The molecule has 0 saturated carbocycles. The molecule has 1 aromatic carbocycles. The van der Waals surface area contributed by atoms with Crippen molar-refractivity contribution < 1.29 is 9.90 Å². The number of amides is 2. The predicted octanol–water partition coefficient (Wildman–Crippen LogP) is 2.00. The van der Waals surface area contributed by atoms with Crippen LogP contribution in [0.25, 0.3) is 0 Å². The summed E-state index contributed by atoms with van der Waals surface area (Å²) in [5, 5.41) is 20.1. The van der Waals surface area contributed by atoms with Crippen LogP contribution in [0.4, 0.5) is 4.79 Å². The van der Waals surface area contributed by atoms with Gasteiger partial charge in [-0.15, -0.1) is 0 Å². The van der Waals surface area contributed by atoms with Gasteiger partial charge in [0.05, 0.1) is 18.8 Å². The van der Waals surface area contributed by atoms with Crippen molar-refractivity contribution in [2.24, 2.45) is 7.05 Å². The van der Waals surface area contributed by atoms with Gasteiger partial charge in [0.15, 0.2) is 0 Å². The molecule has 6 nitrogen and oxygen atoms in total. The molecule has 0 bridgehead atoms. The minimum absolute atomic E-state index is 0.102. The van der Waals surface area contributed by atoms with E-state index in [1.807, 2.05) is 38.1 Å². The third-order valence-corrected chi connectivity index (χ3v) is 3.92. The van der Waals surface area contributed by atoms with Crippen LogP contribution in [0.2, 0.25) is 0 Å². The van der Waals surface area contributed by atoms with Crippen molar-refractivity contribution in [3.8, 4) is 0 Å². The molecule has 2 aromatic rings. The summed E-state index contributed by atoms with van der Waals surface area (Å²) in [5.74, 6) is 0. The molecule has 1 heterocycles. The minimum Gasteiger partial charge on any atom is -0.383 e. The number of urea groups is 1. The number of hydrogen-bond acceptors (Lipinski definition) is 3. The summed E-state index contributed by atoms with van der Waals surface area (Å²) >= 11 is 0. The highest BCUT2D eigenvalue weighted by molar-refractivity contribution is 5.74. The van der Waals surface area contributed by atoms with E-state index in [1.54, 1.807) is 31.0 Å². The Morgan fingerprint density at radius 2 is 2.13 bits per heavy atom. The molecular formula is C17H24N4O2. The van der Waals surface area contributed by atoms with Crippen LogP contribution in [0.1, 0.15) is 36.6 Å². The first kappa shape index (κ1) is 17.0. The van der Waals surface area contributed by atoms with Crippen molar-refractivity contribution in [3.05, 3.63) is 53.3 Å². The average molecular weight is 316 g/mol. The summed E-state index contributed by atoms with van der Waals surface area (Å²) in [6.07, 6.45) is 3.32. The van der Waals surface area contributed by atoms with Crippen LogP contribution in [0, 0.1) is 6.92 Å². The number of carbonyl (C=O) groups is 1. The average Bonchev–Trinajstić information content (AvgIpc) is 2.93. The van der Waals surface area contributed by atoms with E-state index in [1.165, 1.54) is 0 Å². The molecule has 0 aliphatic heterocycles. The van der Waals surface area contributed by atoms with Gasteiger partial charge in [-0.1, -0.05) is 24.3 Å². The van der Waals surface area contributed by atoms with Gasteiger partial charge >= 0.3 is 6.03 Å². The Bertz CT molecular complexity index is 679. The first-order valence-corrected chi connectivity index (χ1v) is 7.61. The van der Waals surface area contributed by atoms with Crippen molar-refractivity contribution >= 4 is 6.03 Å². The van der Waals surface area contributed by atoms with E-state index < -0.39 is 5.60 Å². The predicted molar refractivity (Wildman–Crippen MR) is 88.9 cm³/mol. The molecule has 6 heteroatoms. The zero-order chi connectivity index (χ0) is 17.0. The molecule has 0 fully saturated rings. The van der Waals surface area contributed by atoms with E-state index >= 15 is 0 Å². The van der Waals surface area contributed by atoms with Gasteiger partial charge in [0.25, 0.3) is 0 Å². The fourth-order valence-electron chi connectivity index (χ4n) is 2.45. The zero-order valence-electron chi connectivity index (χ0n) is 14.0. The molecule has 2 rings (SSSR count). The lowest BCUT2D eigenvalue weighted by Gasteiger charge is -2.23. The van der Waals surface area contributed by atoms with E-state index in [2.05, 4.69) is 15.7 Å². The van der Waals surface area contributed by atoms with Crippen LogP contribution in [0.3, 0.4) is 0 Å². The van der Waals surface area contributed by atoms with Gasteiger partial charge in [-0.2, -0.15) is 5.10 Å². The van der Waals surface area contributed by atoms with Crippen molar-refractivity contribution in [1.82, 2.24) is 20.4 Å². The largest absolute Gasteiger partial charge is 0.383 e. The van der Waals surface area contributed by atoms with E-state index in [-0.39, 0.29) is 18.6 Å². The molecular weight excluding hydrogens is 292 g/mol. The molecule has 2 amide bonds. The number of hydrogen-bond donors (Lipinski definition) is 3. The molecule has 3 N–H and O–H groups in total. The second-order valence-electron chi connectivity index (χ2n) is 6.08. The van der Waals surface area contributed by atoms with Crippen molar-refractivity contribution in [2.45, 2.75) is 32.4 Å². The summed E-state index contributed by atoms with van der Waals surface area (Å²) < 4.78 is 1.62. The van der Waals surface area contributed by atoms with E-state index in [0.717, 1.165) is 11.1 Å². The molecule has 2 unspecified atom stereocenters. The second kappa shape index (κ2) is 6.83. The smallest absolute Gasteiger partial charge is 0.315 e. The Kier molecular flexibility index (Phi) is 5.05. The van der Waals surface area contributed by atoms with Crippen LogP contribution < -0.4 is 10.6 Å². The fraction of sp³-hybridized carbons (Fsp3) is 0.412. The Hall–Kier alpha value is -2.34. The number of nitrogens with one attached hydrogen (secondary N) is 2. The van der Waals surface area contributed by atoms with E-state index in [0.29, 0.717) is 5.56 Å². The van der Waals surface area contributed by atoms with Gasteiger partial charge in [-0.3, -0.25) is 4.68 Å². The Labute approximate surface area is 136 Å². The fourth-order valence-corrected chi connectivity index (χ4v) is 2.45. The molecule has 0 radical (unpaired) electrons. The Morgan fingerprint density at radius 1 is 1.43 bits per heavy atom. The molecule has 2 atom stereocenters. The summed E-state index contributed by atoms with van der Waals surface area (Å²) in [5.41, 5.74) is 1.69. The first-order valence-electron chi connectivity index (χ1n) is 7.61. The SMILES string of the molecule is Cc1ccccc1C(C)NC(=O)NCC(C)(O)c1cnn(C)c1. The Balaban J connectivity index is 1.91.